The van der Waals surface area contributed by atoms with Gasteiger partial charge in [0.2, 0.25) is 10.0 Å². The summed E-state index contributed by atoms with van der Waals surface area (Å²) in [4.78, 5) is 17.2. The average Bonchev–Trinajstić information content (AvgIpc) is 3.46. The monoisotopic (exact) mass is 457 g/mol. The Bertz CT molecular complexity index is 1170. The zero-order valence-corrected chi connectivity index (χ0v) is 18.6. The quantitative estimate of drug-likeness (QED) is 0.552. The molecular formula is C22H23N3O4S2. The summed E-state index contributed by atoms with van der Waals surface area (Å²) in [5.41, 5.74) is 1.93. The van der Waals surface area contributed by atoms with Gasteiger partial charge in [-0.15, -0.1) is 11.3 Å². The van der Waals surface area contributed by atoms with Gasteiger partial charge in [-0.1, -0.05) is 43.2 Å². The molecule has 1 aliphatic carbocycles. The van der Waals surface area contributed by atoms with Crippen LogP contribution in [0.4, 0.5) is 5.13 Å². The number of hydrogen-bond donors (Lipinski definition) is 2. The lowest BCUT2D eigenvalue weighted by Crippen LogP contribution is -2.33. The number of sulfonamides is 1. The van der Waals surface area contributed by atoms with Crippen molar-refractivity contribution in [1.29, 1.82) is 0 Å². The Balaban J connectivity index is 1.55. The highest BCUT2D eigenvalue weighted by Crippen LogP contribution is 2.29. The summed E-state index contributed by atoms with van der Waals surface area (Å²) in [5, 5.41) is 5.05. The first-order valence-corrected chi connectivity index (χ1v) is 12.4. The van der Waals surface area contributed by atoms with Crippen molar-refractivity contribution in [2.75, 3.05) is 12.4 Å². The molecule has 31 heavy (non-hydrogen) atoms. The first kappa shape index (κ1) is 21.5. The van der Waals surface area contributed by atoms with Crippen molar-refractivity contribution in [1.82, 2.24) is 9.71 Å². The largest absolute Gasteiger partial charge is 0.495 e. The van der Waals surface area contributed by atoms with Gasteiger partial charge in [-0.25, -0.2) is 18.1 Å². The molecule has 2 aromatic carbocycles. The summed E-state index contributed by atoms with van der Waals surface area (Å²) in [5.74, 6) is -0.239. The van der Waals surface area contributed by atoms with Crippen LogP contribution in [0.25, 0.3) is 11.3 Å². The van der Waals surface area contributed by atoms with Gasteiger partial charge in [-0.3, -0.25) is 10.1 Å². The minimum atomic E-state index is -3.82. The van der Waals surface area contributed by atoms with E-state index in [-0.39, 0.29) is 22.3 Å². The average molecular weight is 458 g/mol. The standard InChI is InChI=1S/C22H23N3O4S2/c1-29-19-12-11-16(13-20(19)31(27,28)25-17-9-5-6-10-17)21(26)24-22-23-18(14-30-22)15-7-3-2-4-8-15/h2-4,7-8,11-14,17,25H,5-6,9-10H2,1H3,(H,23,24,26). The van der Waals surface area contributed by atoms with E-state index in [9.17, 15) is 13.2 Å². The maximum Gasteiger partial charge on any atom is 0.257 e. The van der Waals surface area contributed by atoms with Gasteiger partial charge in [0, 0.05) is 22.5 Å². The van der Waals surface area contributed by atoms with Crippen molar-refractivity contribution in [2.24, 2.45) is 0 Å². The molecule has 1 heterocycles. The number of carbonyl (C=O) groups is 1. The summed E-state index contributed by atoms with van der Waals surface area (Å²) in [7, 11) is -2.41. The number of nitrogens with one attached hydrogen (secondary N) is 2. The highest BCUT2D eigenvalue weighted by Gasteiger charge is 2.26. The molecule has 9 heteroatoms. The molecule has 0 unspecified atom stereocenters. The molecule has 1 saturated carbocycles. The Hall–Kier alpha value is -2.75. The lowest BCUT2D eigenvalue weighted by molar-refractivity contribution is 0.102. The Morgan fingerprint density at radius 3 is 2.58 bits per heavy atom. The summed E-state index contributed by atoms with van der Waals surface area (Å²) in [6, 6.07) is 13.9. The van der Waals surface area contributed by atoms with E-state index in [0.29, 0.717) is 5.13 Å². The molecule has 4 rings (SSSR count). The van der Waals surface area contributed by atoms with E-state index in [1.54, 1.807) is 0 Å². The molecule has 1 amide bonds. The third-order valence-electron chi connectivity index (χ3n) is 5.19. The van der Waals surface area contributed by atoms with E-state index in [0.717, 1.165) is 36.9 Å². The number of methoxy groups -OCH3 is 1. The zero-order valence-electron chi connectivity index (χ0n) is 17.0. The van der Waals surface area contributed by atoms with Gasteiger partial charge in [0.1, 0.15) is 10.6 Å². The molecule has 1 aromatic heterocycles. The van der Waals surface area contributed by atoms with E-state index >= 15 is 0 Å². The normalized spacial score (nSPS) is 14.5. The van der Waals surface area contributed by atoms with Crippen LogP contribution in [0.5, 0.6) is 5.75 Å². The summed E-state index contributed by atoms with van der Waals surface area (Å²) in [6.45, 7) is 0. The number of carbonyl (C=O) groups excluding carboxylic acids is 1. The smallest absolute Gasteiger partial charge is 0.257 e. The van der Waals surface area contributed by atoms with Crippen LogP contribution in [0.15, 0.2) is 58.8 Å². The third kappa shape index (κ3) is 4.95. The van der Waals surface area contributed by atoms with Crippen LogP contribution in [0.3, 0.4) is 0 Å². The van der Waals surface area contributed by atoms with Crippen LogP contribution in [0.2, 0.25) is 0 Å². The number of hydrogen-bond acceptors (Lipinski definition) is 6. The predicted octanol–water partition coefficient (Wildman–Crippen LogP) is 4.29. The van der Waals surface area contributed by atoms with Crippen LogP contribution in [-0.2, 0) is 10.0 Å². The number of aromatic nitrogens is 1. The van der Waals surface area contributed by atoms with Crippen LogP contribution in [0, 0.1) is 0 Å². The molecule has 3 aromatic rings. The maximum absolute atomic E-state index is 12.9. The van der Waals surface area contributed by atoms with E-state index < -0.39 is 15.9 Å². The van der Waals surface area contributed by atoms with Crippen LogP contribution in [0.1, 0.15) is 36.0 Å². The Labute approximate surface area is 185 Å². The molecule has 0 atom stereocenters. The zero-order chi connectivity index (χ0) is 21.8. The van der Waals surface area contributed by atoms with E-state index in [4.69, 9.17) is 4.74 Å². The summed E-state index contributed by atoms with van der Waals surface area (Å²) < 4.78 is 33.8. The van der Waals surface area contributed by atoms with Crippen molar-refractivity contribution in [3.05, 3.63) is 59.5 Å². The summed E-state index contributed by atoms with van der Waals surface area (Å²) in [6.07, 6.45) is 3.64. The van der Waals surface area contributed by atoms with E-state index in [1.807, 2.05) is 35.7 Å². The minimum absolute atomic E-state index is 0.0429. The second-order valence-electron chi connectivity index (χ2n) is 7.33. The molecule has 0 bridgehead atoms. The Morgan fingerprint density at radius 2 is 1.87 bits per heavy atom. The topological polar surface area (TPSA) is 97.4 Å². The van der Waals surface area contributed by atoms with Gasteiger partial charge < -0.3 is 4.74 Å². The first-order chi connectivity index (χ1) is 15.0. The fraction of sp³-hybridized carbons (Fsp3) is 0.273. The molecule has 1 fully saturated rings. The van der Waals surface area contributed by atoms with Gasteiger partial charge in [0.05, 0.1) is 12.8 Å². The second kappa shape index (κ2) is 9.17. The molecule has 0 radical (unpaired) electrons. The van der Waals surface area contributed by atoms with Gasteiger partial charge in [-0.2, -0.15) is 0 Å². The highest BCUT2D eigenvalue weighted by molar-refractivity contribution is 7.89. The van der Waals surface area contributed by atoms with Gasteiger partial charge in [-0.05, 0) is 31.0 Å². The molecule has 0 saturated heterocycles. The third-order valence-corrected chi connectivity index (χ3v) is 7.49. The molecule has 0 spiro atoms. The number of amides is 1. The molecule has 0 aliphatic heterocycles. The van der Waals surface area contributed by atoms with Crippen LogP contribution in [-0.4, -0.2) is 32.5 Å². The van der Waals surface area contributed by atoms with Crippen LogP contribution >= 0.6 is 11.3 Å². The summed E-state index contributed by atoms with van der Waals surface area (Å²) >= 11 is 1.31. The Morgan fingerprint density at radius 1 is 1.13 bits per heavy atom. The van der Waals surface area contributed by atoms with Crippen molar-refractivity contribution >= 4 is 32.4 Å². The number of ether oxygens (including phenoxy) is 1. The van der Waals surface area contributed by atoms with Crippen LogP contribution < -0.4 is 14.8 Å². The fourth-order valence-electron chi connectivity index (χ4n) is 3.60. The fourth-order valence-corrected chi connectivity index (χ4v) is 5.81. The van der Waals surface area contributed by atoms with Gasteiger partial charge in [0.15, 0.2) is 5.13 Å². The van der Waals surface area contributed by atoms with Gasteiger partial charge in [0.25, 0.3) is 5.91 Å². The number of benzene rings is 2. The molecule has 7 nitrogen and oxygen atoms in total. The number of nitrogens with zero attached hydrogens (tertiary/aromatic N) is 1. The molecule has 2 N–H and O–H groups in total. The maximum atomic E-state index is 12.9. The number of thiazole rings is 1. The van der Waals surface area contributed by atoms with Crippen molar-refractivity contribution < 1.29 is 17.9 Å². The lowest BCUT2D eigenvalue weighted by Gasteiger charge is -2.15. The SMILES string of the molecule is COc1ccc(C(=O)Nc2nc(-c3ccccc3)cs2)cc1S(=O)(=O)NC1CCCC1. The first-order valence-electron chi connectivity index (χ1n) is 9.99. The van der Waals surface area contributed by atoms with E-state index in [1.165, 1.54) is 36.6 Å². The Kier molecular flexibility index (Phi) is 6.35. The minimum Gasteiger partial charge on any atom is -0.495 e. The van der Waals surface area contributed by atoms with Crippen molar-refractivity contribution in [3.63, 3.8) is 0 Å². The number of rotatable bonds is 7. The molecule has 162 valence electrons. The van der Waals surface area contributed by atoms with E-state index in [2.05, 4.69) is 15.0 Å². The number of anilines is 1. The second-order valence-corrected chi connectivity index (χ2v) is 9.87. The molecule has 1 aliphatic rings. The molecular weight excluding hydrogens is 434 g/mol. The predicted molar refractivity (Wildman–Crippen MR) is 121 cm³/mol. The van der Waals surface area contributed by atoms with Crippen molar-refractivity contribution in [3.8, 4) is 17.0 Å². The van der Waals surface area contributed by atoms with Crippen molar-refractivity contribution in [2.45, 2.75) is 36.6 Å². The lowest BCUT2D eigenvalue weighted by atomic mass is 10.2. The van der Waals surface area contributed by atoms with Gasteiger partial charge >= 0.3 is 0 Å². The highest BCUT2D eigenvalue weighted by atomic mass is 32.2.